The standard InChI is InChI=1S/C27H24FN5O3/c1-17-24(30-26(36)29-16-18-2-10-22(28)11-3-18)33(32-31-17)23-12-6-20(7-13-23)19-4-8-21(9-5-19)27(14-15-27)25(34)35/h2-13H,14-16H2,1H3,(H,34,35)(H2,29,30,36). The number of urea groups is 1. The second-order valence-corrected chi connectivity index (χ2v) is 8.88. The lowest BCUT2D eigenvalue weighted by Crippen LogP contribution is -2.29. The lowest BCUT2D eigenvalue weighted by atomic mass is 9.94. The minimum atomic E-state index is -0.767. The number of hydrogen-bond acceptors (Lipinski definition) is 4. The van der Waals surface area contributed by atoms with E-state index < -0.39 is 17.4 Å². The second-order valence-electron chi connectivity index (χ2n) is 8.88. The number of rotatable bonds is 7. The van der Waals surface area contributed by atoms with Crippen LogP contribution in [0.5, 0.6) is 0 Å². The highest BCUT2D eigenvalue weighted by Gasteiger charge is 2.51. The van der Waals surface area contributed by atoms with Crippen molar-refractivity contribution in [2.45, 2.75) is 31.7 Å². The van der Waals surface area contributed by atoms with Gasteiger partial charge in [-0.3, -0.25) is 10.1 Å². The zero-order chi connectivity index (χ0) is 25.3. The monoisotopic (exact) mass is 485 g/mol. The average molecular weight is 486 g/mol. The molecule has 1 saturated carbocycles. The Labute approximate surface area is 206 Å². The molecule has 5 rings (SSSR count). The van der Waals surface area contributed by atoms with E-state index in [9.17, 15) is 19.1 Å². The topological polar surface area (TPSA) is 109 Å². The minimum absolute atomic E-state index is 0.244. The largest absolute Gasteiger partial charge is 0.481 e. The number of aliphatic carboxylic acids is 1. The summed E-state index contributed by atoms with van der Waals surface area (Å²) in [5, 5.41) is 23.3. The minimum Gasteiger partial charge on any atom is -0.481 e. The van der Waals surface area contributed by atoms with Gasteiger partial charge in [0.1, 0.15) is 11.5 Å². The summed E-state index contributed by atoms with van der Waals surface area (Å²) in [6.07, 6.45) is 1.35. The van der Waals surface area contributed by atoms with E-state index in [1.54, 1.807) is 23.7 Å². The van der Waals surface area contributed by atoms with E-state index in [1.807, 2.05) is 48.5 Å². The molecular formula is C27H24FN5O3. The molecule has 0 bridgehead atoms. The quantitative estimate of drug-likeness (QED) is 0.348. The molecule has 0 atom stereocenters. The van der Waals surface area contributed by atoms with Gasteiger partial charge in [-0.05, 0) is 66.3 Å². The Balaban J connectivity index is 1.28. The van der Waals surface area contributed by atoms with Crippen LogP contribution in [0.2, 0.25) is 0 Å². The zero-order valence-electron chi connectivity index (χ0n) is 19.5. The highest BCUT2D eigenvalue weighted by Crippen LogP contribution is 2.48. The molecule has 0 saturated heterocycles. The molecule has 1 aliphatic rings. The maximum Gasteiger partial charge on any atom is 0.320 e. The maximum atomic E-state index is 13.1. The van der Waals surface area contributed by atoms with Crippen LogP contribution in [0.15, 0.2) is 72.8 Å². The molecule has 0 spiro atoms. The summed E-state index contributed by atoms with van der Waals surface area (Å²) >= 11 is 0. The summed E-state index contributed by atoms with van der Waals surface area (Å²) in [5.74, 6) is -0.662. The third kappa shape index (κ3) is 4.55. The Morgan fingerprint density at radius 1 is 0.972 bits per heavy atom. The first-order valence-electron chi connectivity index (χ1n) is 11.5. The fourth-order valence-corrected chi connectivity index (χ4v) is 4.15. The Hall–Kier alpha value is -4.53. The second kappa shape index (κ2) is 9.26. The molecule has 1 heterocycles. The first kappa shape index (κ1) is 23.2. The maximum absolute atomic E-state index is 13.1. The first-order valence-corrected chi connectivity index (χ1v) is 11.5. The third-order valence-electron chi connectivity index (χ3n) is 6.48. The summed E-state index contributed by atoms with van der Waals surface area (Å²) in [5.41, 5.74) is 4.10. The molecule has 0 radical (unpaired) electrons. The average Bonchev–Trinajstić information content (AvgIpc) is 3.63. The highest BCUT2D eigenvalue weighted by atomic mass is 19.1. The van der Waals surface area contributed by atoms with Crippen molar-refractivity contribution < 1.29 is 19.1 Å². The van der Waals surface area contributed by atoms with Gasteiger partial charge in [-0.15, -0.1) is 5.10 Å². The van der Waals surface area contributed by atoms with Gasteiger partial charge in [-0.2, -0.15) is 4.68 Å². The summed E-state index contributed by atoms with van der Waals surface area (Å²) in [6.45, 7) is 1.99. The van der Waals surface area contributed by atoms with Crippen molar-refractivity contribution in [2.75, 3.05) is 5.32 Å². The molecule has 8 nitrogen and oxygen atoms in total. The van der Waals surface area contributed by atoms with Gasteiger partial charge in [0.2, 0.25) is 0 Å². The van der Waals surface area contributed by atoms with Gasteiger partial charge in [0.05, 0.1) is 11.1 Å². The molecule has 3 aromatic carbocycles. The van der Waals surface area contributed by atoms with Crippen LogP contribution in [0.25, 0.3) is 16.8 Å². The van der Waals surface area contributed by atoms with E-state index in [1.165, 1.54) is 12.1 Å². The van der Waals surface area contributed by atoms with Gasteiger partial charge in [0.15, 0.2) is 5.82 Å². The third-order valence-corrected chi connectivity index (χ3v) is 6.48. The number of halogens is 1. The molecule has 1 aromatic heterocycles. The number of aryl methyl sites for hydroxylation is 1. The molecule has 9 heteroatoms. The first-order chi connectivity index (χ1) is 17.4. The Bertz CT molecular complexity index is 1410. The van der Waals surface area contributed by atoms with Crippen LogP contribution in [0.1, 0.15) is 29.7 Å². The summed E-state index contributed by atoms with van der Waals surface area (Å²) in [4.78, 5) is 24.0. The van der Waals surface area contributed by atoms with Gasteiger partial charge < -0.3 is 10.4 Å². The smallest absolute Gasteiger partial charge is 0.320 e. The molecule has 1 aliphatic carbocycles. The predicted octanol–water partition coefficient (Wildman–Crippen LogP) is 4.82. The fourth-order valence-electron chi connectivity index (χ4n) is 4.15. The Morgan fingerprint density at radius 3 is 2.17 bits per heavy atom. The number of carboxylic acid groups (broad SMARTS) is 1. The number of carbonyl (C=O) groups excluding carboxylic acids is 1. The molecule has 2 amide bonds. The number of carbonyl (C=O) groups is 2. The van der Waals surface area contributed by atoms with Crippen LogP contribution >= 0.6 is 0 Å². The number of benzene rings is 3. The van der Waals surface area contributed by atoms with Gasteiger partial charge in [-0.1, -0.05) is 53.7 Å². The van der Waals surface area contributed by atoms with Crippen molar-refractivity contribution in [1.29, 1.82) is 0 Å². The van der Waals surface area contributed by atoms with Crippen LogP contribution in [-0.2, 0) is 16.8 Å². The van der Waals surface area contributed by atoms with Crippen molar-refractivity contribution in [3.05, 3.63) is 95.4 Å². The number of aromatic nitrogens is 3. The number of hydrogen-bond donors (Lipinski definition) is 3. The molecule has 4 aromatic rings. The van der Waals surface area contributed by atoms with Crippen LogP contribution in [-0.4, -0.2) is 32.1 Å². The Kier molecular flexibility index (Phi) is 5.97. The lowest BCUT2D eigenvalue weighted by molar-refractivity contribution is -0.140. The van der Waals surface area contributed by atoms with Crippen LogP contribution in [0.4, 0.5) is 15.0 Å². The molecule has 0 aliphatic heterocycles. The van der Waals surface area contributed by atoms with Crippen molar-refractivity contribution in [2.24, 2.45) is 0 Å². The number of carboxylic acids is 1. The SMILES string of the molecule is Cc1nnn(-c2ccc(-c3ccc(C4(C(=O)O)CC4)cc3)cc2)c1NC(=O)NCc1ccc(F)cc1. The van der Waals surface area contributed by atoms with E-state index in [4.69, 9.17) is 0 Å². The summed E-state index contributed by atoms with van der Waals surface area (Å²) < 4.78 is 14.6. The number of nitrogens with zero attached hydrogens (tertiary/aromatic N) is 3. The van der Waals surface area contributed by atoms with E-state index >= 15 is 0 Å². The number of anilines is 1. The van der Waals surface area contributed by atoms with Crippen molar-refractivity contribution in [3.8, 4) is 16.8 Å². The van der Waals surface area contributed by atoms with Crippen molar-refractivity contribution in [1.82, 2.24) is 20.3 Å². The molecule has 3 N–H and O–H groups in total. The van der Waals surface area contributed by atoms with E-state index in [0.29, 0.717) is 30.0 Å². The molecule has 1 fully saturated rings. The predicted molar refractivity (Wildman–Crippen MR) is 132 cm³/mol. The Morgan fingerprint density at radius 2 is 1.58 bits per heavy atom. The van der Waals surface area contributed by atoms with Crippen molar-refractivity contribution >= 4 is 17.8 Å². The van der Waals surface area contributed by atoms with E-state index in [2.05, 4.69) is 20.9 Å². The van der Waals surface area contributed by atoms with Gasteiger partial charge >= 0.3 is 12.0 Å². The fraction of sp³-hybridized carbons (Fsp3) is 0.185. The van der Waals surface area contributed by atoms with Gasteiger partial charge in [0, 0.05) is 6.54 Å². The molecule has 182 valence electrons. The number of amides is 2. The lowest BCUT2D eigenvalue weighted by Gasteiger charge is -2.12. The van der Waals surface area contributed by atoms with Crippen LogP contribution < -0.4 is 10.6 Å². The molecule has 36 heavy (non-hydrogen) atoms. The molecule has 0 unspecified atom stereocenters. The zero-order valence-corrected chi connectivity index (χ0v) is 19.5. The van der Waals surface area contributed by atoms with E-state index in [-0.39, 0.29) is 12.4 Å². The van der Waals surface area contributed by atoms with Gasteiger partial charge in [0.25, 0.3) is 0 Å². The normalized spacial score (nSPS) is 13.7. The van der Waals surface area contributed by atoms with Gasteiger partial charge in [-0.25, -0.2) is 9.18 Å². The number of nitrogens with one attached hydrogen (secondary N) is 2. The van der Waals surface area contributed by atoms with Crippen molar-refractivity contribution in [3.63, 3.8) is 0 Å². The van der Waals surface area contributed by atoms with Crippen LogP contribution in [0, 0.1) is 12.7 Å². The molecular weight excluding hydrogens is 461 g/mol. The summed E-state index contributed by atoms with van der Waals surface area (Å²) in [7, 11) is 0. The summed E-state index contributed by atoms with van der Waals surface area (Å²) in [6, 6.07) is 20.7. The van der Waals surface area contributed by atoms with Crippen LogP contribution in [0.3, 0.4) is 0 Å². The highest BCUT2D eigenvalue weighted by molar-refractivity contribution is 5.89. The van der Waals surface area contributed by atoms with E-state index in [0.717, 1.165) is 22.3 Å².